The Hall–Kier alpha value is -5.71. The first-order valence-electron chi connectivity index (χ1n) is 19.9. The van der Waals surface area contributed by atoms with Gasteiger partial charge in [-0.3, -0.25) is 19.2 Å². The summed E-state index contributed by atoms with van der Waals surface area (Å²) in [7, 11) is 0. The molecule has 57 heavy (non-hydrogen) atoms. The highest BCUT2D eigenvalue weighted by atomic mass is 16.5. The van der Waals surface area contributed by atoms with Crippen molar-refractivity contribution in [1.29, 1.82) is 0 Å². The van der Waals surface area contributed by atoms with E-state index >= 15 is 0 Å². The summed E-state index contributed by atoms with van der Waals surface area (Å²) in [5.74, 6) is -2.38. The Balaban J connectivity index is 1.37. The largest absolute Gasteiger partial charge is 0.484 e. The molecule has 0 saturated heterocycles. The van der Waals surface area contributed by atoms with Gasteiger partial charge < -0.3 is 30.7 Å². The lowest BCUT2D eigenvalue weighted by molar-refractivity contribution is -0.150. The first-order valence-corrected chi connectivity index (χ1v) is 19.9. The SMILES string of the molecule is CC[C@H](C)[C@H](NC(=O)CC[C@H](Cc1ccccc1)NC(=O)[C@@H](NC(=O)COc1ccc2ccccc2c1)C(C)C)C(=O)N[C@H](C(=O)OCc1ccccc1)C(C)C. The quantitative estimate of drug-likeness (QED) is 0.0727. The van der Waals surface area contributed by atoms with Crippen LogP contribution in [0.3, 0.4) is 0 Å². The van der Waals surface area contributed by atoms with Gasteiger partial charge in [0, 0.05) is 12.5 Å². The summed E-state index contributed by atoms with van der Waals surface area (Å²) < 4.78 is 11.3. The summed E-state index contributed by atoms with van der Waals surface area (Å²) in [4.78, 5) is 67.1. The van der Waals surface area contributed by atoms with E-state index in [0.717, 1.165) is 21.9 Å². The van der Waals surface area contributed by atoms with Crippen molar-refractivity contribution in [3.8, 4) is 5.75 Å². The fraction of sp³-hybridized carbons (Fsp3) is 0.413. The summed E-state index contributed by atoms with van der Waals surface area (Å²) in [5, 5.41) is 13.7. The predicted molar refractivity (Wildman–Crippen MR) is 222 cm³/mol. The molecule has 0 aliphatic carbocycles. The fourth-order valence-corrected chi connectivity index (χ4v) is 6.38. The number of carbonyl (C=O) groups excluding carboxylic acids is 5. The molecule has 4 N–H and O–H groups in total. The molecule has 0 spiro atoms. The first kappa shape index (κ1) is 44.0. The summed E-state index contributed by atoms with van der Waals surface area (Å²) in [6, 6.07) is 29.2. The molecule has 0 unspecified atom stereocenters. The topological polar surface area (TPSA) is 152 Å². The van der Waals surface area contributed by atoms with Crippen LogP contribution in [-0.4, -0.2) is 60.4 Å². The number of carbonyl (C=O) groups is 5. The van der Waals surface area contributed by atoms with E-state index in [1.807, 2.05) is 139 Å². The molecule has 0 radical (unpaired) electrons. The van der Waals surface area contributed by atoms with Crippen LogP contribution in [0.5, 0.6) is 5.75 Å². The van der Waals surface area contributed by atoms with E-state index in [4.69, 9.17) is 9.47 Å². The van der Waals surface area contributed by atoms with Crippen molar-refractivity contribution < 1.29 is 33.4 Å². The Morgan fingerprint density at radius 3 is 1.81 bits per heavy atom. The van der Waals surface area contributed by atoms with Gasteiger partial charge in [0.05, 0.1) is 0 Å². The summed E-state index contributed by atoms with van der Waals surface area (Å²) in [6.45, 7) is 11.0. The number of esters is 1. The van der Waals surface area contributed by atoms with E-state index in [1.165, 1.54) is 0 Å². The van der Waals surface area contributed by atoms with Crippen LogP contribution in [0.25, 0.3) is 10.8 Å². The van der Waals surface area contributed by atoms with Gasteiger partial charge in [-0.25, -0.2) is 4.79 Å². The molecule has 0 aliphatic heterocycles. The van der Waals surface area contributed by atoms with Crippen molar-refractivity contribution in [3.05, 3.63) is 114 Å². The van der Waals surface area contributed by atoms with Crippen LogP contribution in [-0.2, 0) is 41.7 Å². The second-order valence-corrected chi connectivity index (χ2v) is 15.3. The fourth-order valence-electron chi connectivity index (χ4n) is 6.38. The van der Waals surface area contributed by atoms with Crippen LogP contribution >= 0.6 is 0 Å². The number of ether oxygens (including phenoxy) is 2. The van der Waals surface area contributed by atoms with E-state index < -0.39 is 42.0 Å². The first-order chi connectivity index (χ1) is 27.3. The lowest BCUT2D eigenvalue weighted by Gasteiger charge is -2.28. The highest BCUT2D eigenvalue weighted by molar-refractivity contribution is 5.91. The predicted octanol–water partition coefficient (Wildman–Crippen LogP) is 6.28. The average Bonchev–Trinajstić information content (AvgIpc) is 3.21. The lowest BCUT2D eigenvalue weighted by Crippen LogP contribution is -2.55. The van der Waals surface area contributed by atoms with Gasteiger partial charge in [-0.05, 0) is 64.6 Å². The van der Waals surface area contributed by atoms with Gasteiger partial charge in [0.1, 0.15) is 30.5 Å². The minimum absolute atomic E-state index is 0.0169. The maximum Gasteiger partial charge on any atom is 0.329 e. The second-order valence-electron chi connectivity index (χ2n) is 15.3. The van der Waals surface area contributed by atoms with E-state index in [2.05, 4.69) is 21.3 Å². The van der Waals surface area contributed by atoms with Gasteiger partial charge in [0.25, 0.3) is 5.91 Å². The Morgan fingerprint density at radius 2 is 1.18 bits per heavy atom. The molecule has 0 fully saturated rings. The van der Waals surface area contributed by atoms with Gasteiger partial charge in [-0.1, -0.05) is 139 Å². The molecule has 304 valence electrons. The minimum atomic E-state index is -0.908. The maximum absolute atomic E-state index is 13.8. The molecule has 4 rings (SSSR count). The Morgan fingerprint density at radius 1 is 0.596 bits per heavy atom. The molecule has 4 aromatic carbocycles. The van der Waals surface area contributed by atoms with Crippen LogP contribution < -0.4 is 26.0 Å². The normalized spacial score (nSPS) is 13.8. The van der Waals surface area contributed by atoms with E-state index in [-0.39, 0.29) is 55.6 Å². The molecule has 4 aromatic rings. The third kappa shape index (κ3) is 14.1. The Kier molecular flexibility index (Phi) is 17.1. The zero-order valence-electron chi connectivity index (χ0n) is 34.0. The molecular formula is C46H58N4O7. The van der Waals surface area contributed by atoms with E-state index in [9.17, 15) is 24.0 Å². The van der Waals surface area contributed by atoms with Crippen LogP contribution in [0.1, 0.15) is 71.9 Å². The van der Waals surface area contributed by atoms with Crippen LogP contribution in [0, 0.1) is 17.8 Å². The monoisotopic (exact) mass is 778 g/mol. The molecule has 0 saturated carbocycles. The molecule has 4 amide bonds. The second kappa shape index (κ2) is 22.1. The summed E-state index contributed by atoms with van der Waals surface area (Å²) >= 11 is 0. The molecule has 5 atom stereocenters. The van der Waals surface area contributed by atoms with Gasteiger partial charge in [-0.15, -0.1) is 0 Å². The zero-order chi connectivity index (χ0) is 41.3. The number of hydrogen-bond donors (Lipinski definition) is 4. The molecule has 11 nitrogen and oxygen atoms in total. The Bertz CT molecular complexity index is 1920. The van der Waals surface area contributed by atoms with Gasteiger partial charge in [0.15, 0.2) is 6.61 Å². The van der Waals surface area contributed by atoms with Crippen molar-refractivity contribution in [2.45, 2.75) is 98.0 Å². The van der Waals surface area contributed by atoms with Crippen molar-refractivity contribution in [1.82, 2.24) is 21.3 Å². The van der Waals surface area contributed by atoms with Crippen LogP contribution in [0.4, 0.5) is 0 Å². The Labute approximate surface area is 336 Å². The zero-order valence-corrected chi connectivity index (χ0v) is 34.0. The summed E-state index contributed by atoms with van der Waals surface area (Å²) in [5.41, 5.74) is 1.80. The number of benzene rings is 4. The average molecular weight is 779 g/mol. The number of rotatable bonds is 21. The third-order valence-corrected chi connectivity index (χ3v) is 10.0. The molecule has 0 heterocycles. The smallest absolute Gasteiger partial charge is 0.329 e. The molecular weight excluding hydrogens is 721 g/mol. The molecule has 0 aliphatic rings. The number of fused-ring (bicyclic) bond motifs is 1. The maximum atomic E-state index is 13.8. The lowest BCUT2D eigenvalue weighted by atomic mass is 9.96. The molecule has 11 heteroatoms. The van der Waals surface area contributed by atoms with Crippen molar-refractivity contribution >= 4 is 40.4 Å². The highest BCUT2D eigenvalue weighted by Crippen LogP contribution is 2.21. The minimum Gasteiger partial charge on any atom is -0.484 e. The highest BCUT2D eigenvalue weighted by Gasteiger charge is 2.33. The van der Waals surface area contributed by atoms with Crippen molar-refractivity contribution in [2.75, 3.05) is 6.61 Å². The number of nitrogens with one attached hydrogen (secondary N) is 4. The summed E-state index contributed by atoms with van der Waals surface area (Å²) in [6.07, 6.45) is 1.33. The van der Waals surface area contributed by atoms with E-state index in [0.29, 0.717) is 18.6 Å². The van der Waals surface area contributed by atoms with E-state index in [1.54, 1.807) is 6.07 Å². The van der Waals surface area contributed by atoms with Gasteiger partial charge >= 0.3 is 5.97 Å². The number of hydrogen-bond acceptors (Lipinski definition) is 7. The van der Waals surface area contributed by atoms with Crippen LogP contribution in [0.15, 0.2) is 103 Å². The van der Waals surface area contributed by atoms with Crippen LogP contribution in [0.2, 0.25) is 0 Å². The van der Waals surface area contributed by atoms with Gasteiger partial charge in [-0.2, -0.15) is 0 Å². The standard InChI is InChI=1S/C46H58N4O7/c1-7-32(6)43(45(54)50-42(31(4)5)46(55)57-28-34-18-12-9-13-19-34)48-39(51)25-23-37(26-33-16-10-8-11-17-33)47-44(53)41(30(2)3)49-40(52)29-56-38-24-22-35-20-14-15-21-36(35)27-38/h8-22,24,27,30-32,37,41-43H,7,23,25-26,28-29H2,1-6H3,(H,47,53)(H,48,51)(H,49,52)(H,50,54)/t32-,37+,41-,42-,43-/m0/s1. The van der Waals surface area contributed by atoms with Crippen molar-refractivity contribution in [2.24, 2.45) is 17.8 Å². The third-order valence-electron chi connectivity index (χ3n) is 10.0. The molecule has 0 aromatic heterocycles. The molecule has 0 bridgehead atoms. The number of amides is 4. The van der Waals surface area contributed by atoms with Gasteiger partial charge in [0.2, 0.25) is 17.7 Å². The van der Waals surface area contributed by atoms with Crippen molar-refractivity contribution in [3.63, 3.8) is 0 Å².